The topological polar surface area (TPSA) is 145 Å². The number of alkyl carbamates (subject to hydrolysis) is 1. The van der Waals surface area contributed by atoms with E-state index in [0.29, 0.717) is 5.56 Å². The van der Waals surface area contributed by atoms with E-state index in [2.05, 4.69) is 10.6 Å². The highest BCUT2D eigenvalue weighted by atomic mass is 16.5. The van der Waals surface area contributed by atoms with Crippen LogP contribution in [0.4, 0.5) is 4.79 Å². The zero-order valence-electron chi connectivity index (χ0n) is 16.3. The van der Waals surface area contributed by atoms with Gasteiger partial charge in [0.15, 0.2) is 6.04 Å². The molecule has 2 aromatic carbocycles. The van der Waals surface area contributed by atoms with Crippen molar-refractivity contribution in [3.8, 4) is 5.75 Å². The lowest BCUT2D eigenvalue weighted by Crippen LogP contribution is -2.55. The number of phenols is 1. The van der Waals surface area contributed by atoms with Crippen molar-refractivity contribution >= 4 is 18.0 Å². The molecule has 3 atom stereocenters. The van der Waals surface area contributed by atoms with Crippen LogP contribution in [0.5, 0.6) is 5.75 Å². The number of aliphatic hydroxyl groups excluding tert-OH is 1. The Bertz CT molecular complexity index is 853. The quantitative estimate of drug-likeness (QED) is 0.413. The molecule has 0 fully saturated rings. The van der Waals surface area contributed by atoms with Crippen molar-refractivity contribution in [3.05, 3.63) is 65.7 Å². The minimum Gasteiger partial charge on any atom is -0.508 e. The molecule has 9 nitrogen and oxygen atoms in total. The Morgan fingerprint density at radius 3 is 2.17 bits per heavy atom. The Morgan fingerprint density at radius 2 is 1.60 bits per heavy atom. The van der Waals surface area contributed by atoms with Crippen molar-refractivity contribution in [3.63, 3.8) is 0 Å². The van der Waals surface area contributed by atoms with Gasteiger partial charge in [0, 0.05) is 6.42 Å². The fourth-order valence-corrected chi connectivity index (χ4v) is 2.63. The number of benzene rings is 2. The molecule has 2 amide bonds. The number of aliphatic carboxylic acids is 1. The first-order valence-electron chi connectivity index (χ1n) is 9.22. The van der Waals surface area contributed by atoms with Crippen LogP contribution in [0.2, 0.25) is 0 Å². The minimum atomic E-state index is -1.54. The van der Waals surface area contributed by atoms with Crippen LogP contribution in [0, 0.1) is 0 Å². The number of carbonyl (C=O) groups excluding carboxylic acids is 2. The summed E-state index contributed by atoms with van der Waals surface area (Å²) in [6.07, 6.45) is -2.19. The SMILES string of the molecule is C[C@H](O)[C@H](NC(=O)[C@@H](Cc1ccc(O)cc1)NC(=O)OCc1ccccc1)C(=O)O. The zero-order chi connectivity index (χ0) is 22.1. The molecule has 0 bridgehead atoms. The van der Waals surface area contributed by atoms with E-state index in [0.717, 1.165) is 5.56 Å². The van der Waals surface area contributed by atoms with Gasteiger partial charge in [0.1, 0.15) is 18.4 Å². The third-order valence-corrected chi connectivity index (χ3v) is 4.24. The van der Waals surface area contributed by atoms with Gasteiger partial charge in [0.05, 0.1) is 6.10 Å². The maximum Gasteiger partial charge on any atom is 0.408 e. The van der Waals surface area contributed by atoms with Crippen LogP contribution in [-0.4, -0.2) is 51.5 Å². The van der Waals surface area contributed by atoms with E-state index in [4.69, 9.17) is 4.74 Å². The Morgan fingerprint density at radius 1 is 0.967 bits per heavy atom. The van der Waals surface area contributed by atoms with Gasteiger partial charge in [0.2, 0.25) is 5.91 Å². The molecule has 0 aliphatic heterocycles. The van der Waals surface area contributed by atoms with E-state index in [-0.39, 0.29) is 18.8 Å². The van der Waals surface area contributed by atoms with E-state index in [1.54, 1.807) is 36.4 Å². The second-order valence-electron chi connectivity index (χ2n) is 6.69. The molecule has 0 saturated carbocycles. The van der Waals surface area contributed by atoms with E-state index in [9.17, 15) is 29.7 Å². The largest absolute Gasteiger partial charge is 0.508 e. The van der Waals surface area contributed by atoms with Gasteiger partial charge in [-0.2, -0.15) is 0 Å². The molecule has 5 N–H and O–H groups in total. The molecular weight excluding hydrogens is 392 g/mol. The standard InChI is InChI=1S/C21H24N2O7/c1-13(24)18(20(27)28)23-19(26)17(11-14-7-9-16(25)10-8-14)22-21(29)30-12-15-5-3-2-4-6-15/h2-10,13,17-18,24-25H,11-12H2,1H3,(H,22,29)(H,23,26)(H,27,28)/t13-,17+,18-/m0/s1. The number of aliphatic hydroxyl groups is 1. The lowest BCUT2D eigenvalue weighted by Gasteiger charge is -2.22. The highest BCUT2D eigenvalue weighted by Crippen LogP contribution is 2.12. The van der Waals surface area contributed by atoms with E-state index in [1.807, 2.05) is 6.07 Å². The highest BCUT2D eigenvalue weighted by molar-refractivity contribution is 5.89. The van der Waals surface area contributed by atoms with Crippen molar-refractivity contribution in [1.82, 2.24) is 10.6 Å². The number of phenolic OH excluding ortho intramolecular Hbond substituents is 1. The molecule has 2 rings (SSSR count). The second-order valence-corrected chi connectivity index (χ2v) is 6.69. The molecule has 2 aromatic rings. The zero-order valence-corrected chi connectivity index (χ0v) is 16.3. The van der Waals surface area contributed by atoms with Crippen LogP contribution in [-0.2, 0) is 27.4 Å². The first-order chi connectivity index (χ1) is 14.3. The van der Waals surface area contributed by atoms with Gasteiger partial charge in [0.25, 0.3) is 0 Å². The van der Waals surface area contributed by atoms with Crippen LogP contribution in [0.15, 0.2) is 54.6 Å². The first-order valence-corrected chi connectivity index (χ1v) is 9.22. The van der Waals surface area contributed by atoms with E-state index < -0.39 is 36.2 Å². The van der Waals surface area contributed by atoms with Gasteiger partial charge < -0.3 is 30.7 Å². The molecule has 0 unspecified atom stereocenters. The number of nitrogens with one attached hydrogen (secondary N) is 2. The van der Waals surface area contributed by atoms with Crippen molar-refractivity contribution < 1.29 is 34.4 Å². The van der Waals surface area contributed by atoms with Gasteiger partial charge in [-0.1, -0.05) is 42.5 Å². The maximum atomic E-state index is 12.6. The molecule has 160 valence electrons. The molecule has 0 saturated heterocycles. The number of hydrogen-bond donors (Lipinski definition) is 5. The molecule has 0 heterocycles. The third kappa shape index (κ3) is 7.10. The average Bonchev–Trinajstić information content (AvgIpc) is 2.71. The summed E-state index contributed by atoms with van der Waals surface area (Å²) in [7, 11) is 0. The van der Waals surface area contributed by atoms with Gasteiger partial charge in [-0.15, -0.1) is 0 Å². The number of aromatic hydroxyl groups is 1. The second kappa shape index (κ2) is 10.8. The average molecular weight is 416 g/mol. The molecule has 0 aromatic heterocycles. The Balaban J connectivity index is 2.09. The van der Waals surface area contributed by atoms with Crippen molar-refractivity contribution in [2.45, 2.75) is 38.1 Å². The molecule has 30 heavy (non-hydrogen) atoms. The third-order valence-electron chi connectivity index (χ3n) is 4.24. The normalized spacial score (nSPS) is 13.5. The lowest BCUT2D eigenvalue weighted by atomic mass is 10.0. The van der Waals surface area contributed by atoms with Gasteiger partial charge in [-0.05, 0) is 30.2 Å². The number of carboxylic acid groups (broad SMARTS) is 1. The van der Waals surface area contributed by atoms with Crippen LogP contribution in [0.1, 0.15) is 18.1 Å². The fourth-order valence-electron chi connectivity index (χ4n) is 2.63. The number of carbonyl (C=O) groups is 3. The molecule has 0 aliphatic rings. The minimum absolute atomic E-state index is 0.00829. The lowest BCUT2D eigenvalue weighted by molar-refractivity contribution is -0.145. The van der Waals surface area contributed by atoms with Crippen molar-refractivity contribution in [2.24, 2.45) is 0 Å². The molecule has 0 spiro atoms. The summed E-state index contributed by atoms with van der Waals surface area (Å²) in [5.41, 5.74) is 1.37. The fraction of sp³-hybridized carbons (Fsp3) is 0.286. The number of ether oxygens (including phenoxy) is 1. The maximum absolute atomic E-state index is 12.6. The number of carboxylic acids is 1. The number of amides is 2. The summed E-state index contributed by atoms with van der Waals surface area (Å²) in [4.78, 5) is 36.1. The van der Waals surface area contributed by atoms with Gasteiger partial charge in [-0.25, -0.2) is 9.59 Å². The molecule has 0 radical (unpaired) electrons. The number of rotatable bonds is 9. The van der Waals surface area contributed by atoms with Crippen molar-refractivity contribution in [2.75, 3.05) is 0 Å². The Labute approximate surface area is 173 Å². The predicted octanol–water partition coefficient (Wildman–Crippen LogP) is 1.18. The molecular formula is C21H24N2O7. The van der Waals surface area contributed by atoms with Gasteiger partial charge in [-0.3, -0.25) is 4.79 Å². The van der Waals surface area contributed by atoms with Gasteiger partial charge >= 0.3 is 12.1 Å². The summed E-state index contributed by atoms with van der Waals surface area (Å²) < 4.78 is 5.13. The van der Waals surface area contributed by atoms with Crippen LogP contribution in [0.25, 0.3) is 0 Å². The smallest absolute Gasteiger partial charge is 0.408 e. The van der Waals surface area contributed by atoms with Crippen LogP contribution in [0.3, 0.4) is 0 Å². The number of hydrogen-bond acceptors (Lipinski definition) is 6. The Hall–Kier alpha value is -3.59. The first kappa shape index (κ1) is 22.7. The molecule has 9 heteroatoms. The predicted molar refractivity (Wildman–Crippen MR) is 107 cm³/mol. The van der Waals surface area contributed by atoms with Crippen LogP contribution >= 0.6 is 0 Å². The van der Waals surface area contributed by atoms with Crippen molar-refractivity contribution in [1.29, 1.82) is 0 Å². The van der Waals surface area contributed by atoms with E-state index >= 15 is 0 Å². The summed E-state index contributed by atoms with van der Waals surface area (Å²) >= 11 is 0. The summed E-state index contributed by atoms with van der Waals surface area (Å²) in [5, 5.41) is 32.8. The molecule has 0 aliphatic carbocycles. The summed E-state index contributed by atoms with van der Waals surface area (Å²) in [6.45, 7) is 1.22. The monoisotopic (exact) mass is 416 g/mol. The Kier molecular flexibility index (Phi) is 8.18. The summed E-state index contributed by atoms with van der Waals surface area (Å²) in [6, 6.07) is 12.2. The highest BCUT2D eigenvalue weighted by Gasteiger charge is 2.30. The summed E-state index contributed by atoms with van der Waals surface area (Å²) in [5.74, 6) is -2.17. The van der Waals surface area contributed by atoms with E-state index in [1.165, 1.54) is 19.1 Å². The van der Waals surface area contributed by atoms with Crippen LogP contribution < -0.4 is 10.6 Å².